The number of allylic oxidation sites excluding steroid dienone is 1. The van der Waals surface area contributed by atoms with Gasteiger partial charge in [-0.3, -0.25) is 0 Å². The number of hydrogen-bond donors (Lipinski definition) is 3. The fraction of sp³-hybridized carbons (Fsp3) is 0.412. The third-order valence-corrected chi connectivity index (χ3v) is 3.83. The van der Waals surface area contributed by atoms with E-state index in [1.807, 2.05) is 13.0 Å². The highest BCUT2D eigenvalue weighted by molar-refractivity contribution is 6.00. The van der Waals surface area contributed by atoms with Gasteiger partial charge >= 0.3 is 0 Å². The minimum absolute atomic E-state index is 0.258. The third-order valence-electron chi connectivity index (χ3n) is 3.83. The summed E-state index contributed by atoms with van der Waals surface area (Å²) in [4.78, 5) is 10.8. The molecular formula is C17H26N6O. The summed E-state index contributed by atoms with van der Waals surface area (Å²) >= 11 is 0. The van der Waals surface area contributed by atoms with E-state index in [9.17, 15) is 0 Å². The number of morpholine rings is 1. The van der Waals surface area contributed by atoms with Gasteiger partial charge in [-0.1, -0.05) is 19.6 Å². The maximum atomic E-state index is 6.30. The number of nitrogens with two attached hydrogens (primary N) is 3. The van der Waals surface area contributed by atoms with Gasteiger partial charge in [0.25, 0.3) is 0 Å². The molecule has 1 saturated heterocycles. The number of anilines is 1. The zero-order chi connectivity index (χ0) is 17.5. The van der Waals surface area contributed by atoms with Crippen molar-refractivity contribution in [1.29, 1.82) is 0 Å². The van der Waals surface area contributed by atoms with E-state index in [1.165, 1.54) is 0 Å². The topological polar surface area (TPSA) is 116 Å². The highest BCUT2D eigenvalue weighted by Crippen LogP contribution is 2.18. The number of aliphatic imine (C=N–C) groups is 1. The Morgan fingerprint density at radius 2 is 2.04 bits per heavy atom. The lowest BCUT2D eigenvalue weighted by atomic mass is 10.0. The molecule has 0 bridgehead atoms. The van der Waals surface area contributed by atoms with Crippen molar-refractivity contribution in [2.75, 3.05) is 32.0 Å². The molecule has 1 aliphatic rings. The minimum atomic E-state index is 0.258. The third kappa shape index (κ3) is 4.73. The molecular weight excluding hydrogens is 304 g/mol. The van der Waals surface area contributed by atoms with Gasteiger partial charge < -0.3 is 26.8 Å². The Morgan fingerprint density at radius 3 is 2.58 bits per heavy atom. The number of rotatable bonds is 5. The van der Waals surface area contributed by atoms with Crippen LogP contribution in [0.25, 0.3) is 0 Å². The summed E-state index contributed by atoms with van der Waals surface area (Å²) in [5.41, 5.74) is 20.5. The molecule has 7 nitrogen and oxygen atoms in total. The zero-order valence-electron chi connectivity index (χ0n) is 14.2. The van der Waals surface area contributed by atoms with Gasteiger partial charge in [0.1, 0.15) is 17.5 Å². The molecule has 0 unspecified atom stereocenters. The monoisotopic (exact) mass is 330 g/mol. The van der Waals surface area contributed by atoms with Gasteiger partial charge in [0.15, 0.2) is 0 Å². The van der Waals surface area contributed by atoms with Crippen molar-refractivity contribution >= 4 is 11.7 Å². The number of hydrogen-bond acceptors (Lipinski definition) is 6. The molecule has 24 heavy (non-hydrogen) atoms. The number of aromatic nitrogens is 1. The molecule has 130 valence electrons. The van der Waals surface area contributed by atoms with E-state index in [2.05, 4.69) is 21.5 Å². The fourth-order valence-electron chi connectivity index (χ4n) is 2.53. The second-order valence-corrected chi connectivity index (χ2v) is 5.65. The first-order chi connectivity index (χ1) is 11.5. The number of pyridine rings is 1. The van der Waals surface area contributed by atoms with E-state index in [0.29, 0.717) is 25.5 Å². The van der Waals surface area contributed by atoms with Crippen molar-refractivity contribution in [2.24, 2.45) is 16.5 Å². The van der Waals surface area contributed by atoms with Crippen LogP contribution >= 0.6 is 0 Å². The molecule has 0 spiro atoms. The molecule has 1 fully saturated rings. The smallest absolute Gasteiger partial charge is 0.136 e. The summed E-state index contributed by atoms with van der Waals surface area (Å²) < 4.78 is 5.43. The van der Waals surface area contributed by atoms with E-state index in [-0.39, 0.29) is 5.82 Å². The van der Waals surface area contributed by atoms with Gasteiger partial charge in [-0.15, -0.1) is 0 Å². The van der Waals surface area contributed by atoms with Crippen LogP contribution in [0.1, 0.15) is 18.9 Å². The standard InChI is InChI=1S/C17H26N6O/c1-3-15(19)14(10-13-4-5-16(20)21-11-13)17(22-12(2)18)23-6-8-24-9-7-23/h4-5,11H,2-3,6-10,18-19H2,1H3,(H2,20,21)/b15-14-,22-17?. The van der Waals surface area contributed by atoms with E-state index in [1.54, 1.807) is 12.3 Å². The molecule has 6 N–H and O–H groups in total. The summed E-state index contributed by atoms with van der Waals surface area (Å²) in [5, 5.41) is 0. The molecule has 1 aliphatic heterocycles. The van der Waals surface area contributed by atoms with Crippen molar-refractivity contribution in [1.82, 2.24) is 9.88 Å². The van der Waals surface area contributed by atoms with Crippen LogP contribution in [0.5, 0.6) is 0 Å². The Kier molecular flexibility index (Phi) is 6.20. The summed E-state index contributed by atoms with van der Waals surface area (Å²) in [6.45, 7) is 8.52. The highest BCUT2D eigenvalue weighted by atomic mass is 16.5. The molecule has 1 aromatic heterocycles. The average molecular weight is 330 g/mol. The Morgan fingerprint density at radius 1 is 1.33 bits per heavy atom. The average Bonchev–Trinajstić information content (AvgIpc) is 2.59. The van der Waals surface area contributed by atoms with Crippen molar-refractivity contribution in [3.8, 4) is 0 Å². The number of nitrogen functional groups attached to an aromatic ring is 1. The van der Waals surface area contributed by atoms with Crippen LogP contribution in [-0.2, 0) is 11.2 Å². The lowest BCUT2D eigenvalue weighted by molar-refractivity contribution is 0.0681. The number of nitrogens with zero attached hydrogens (tertiary/aromatic N) is 3. The second kappa shape index (κ2) is 8.35. The van der Waals surface area contributed by atoms with Gasteiger partial charge in [0.2, 0.25) is 0 Å². The van der Waals surface area contributed by atoms with Crippen LogP contribution in [0, 0.1) is 0 Å². The van der Waals surface area contributed by atoms with Crippen LogP contribution in [0.4, 0.5) is 5.82 Å². The molecule has 0 aromatic carbocycles. The van der Waals surface area contributed by atoms with Crippen molar-refractivity contribution in [3.63, 3.8) is 0 Å². The van der Waals surface area contributed by atoms with Gasteiger partial charge in [-0.2, -0.15) is 0 Å². The lowest BCUT2D eigenvalue weighted by Gasteiger charge is -2.31. The minimum Gasteiger partial charge on any atom is -0.402 e. The summed E-state index contributed by atoms with van der Waals surface area (Å²) in [6.07, 6.45) is 3.08. The Bertz CT molecular complexity index is 629. The largest absolute Gasteiger partial charge is 0.402 e. The van der Waals surface area contributed by atoms with E-state index >= 15 is 0 Å². The Balaban J connectivity index is 2.38. The normalized spacial score (nSPS) is 16.7. The molecule has 2 rings (SSSR count). The van der Waals surface area contributed by atoms with Crippen LogP contribution in [-0.4, -0.2) is 42.0 Å². The van der Waals surface area contributed by atoms with Gasteiger partial charge in [-0.25, -0.2) is 9.98 Å². The maximum absolute atomic E-state index is 6.30. The Hall–Kier alpha value is -2.54. The predicted molar refractivity (Wildman–Crippen MR) is 97.0 cm³/mol. The zero-order valence-corrected chi connectivity index (χ0v) is 14.2. The maximum Gasteiger partial charge on any atom is 0.136 e. The molecule has 1 aromatic rings. The summed E-state index contributed by atoms with van der Waals surface area (Å²) in [6, 6.07) is 3.72. The summed E-state index contributed by atoms with van der Waals surface area (Å²) in [5.74, 6) is 1.51. The van der Waals surface area contributed by atoms with Crippen molar-refractivity contribution in [3.05, 3.63) is 47.6 Å². The molecule has 0 radical (unpaired) electrons. The SMILES string of the molecule is C=C(N)N=C(/C(Cc1ccc(N)nc1)=C(\N)CC)N1CCOCC1. The van der Waals surface area contributed by atoms with Gasteiger partial charge in [0.05, 0.1) is 13.2 Å². The van der Waals surface area contributed by atoms with E-state index in [0.717, 1.165) is 42.2 Å². The van der Waals surface area contributed by atoms with E-state index in [4.69, 9.17) is 21.9 Å². The number of ether oxygens (including phenoxy) is 1. The number of amidine groups is 1. The molecule has 0 saturated carbocycles. The predicted octanol–water partition coefficient (Wildman–Crippen LogP) is 0.990. The molecule has 2 heterocycles. The first-order valence-corrected chi connectivity index (χ1v) is 8.05. The molecule has 7 heteroatoms. The molecule has 0 amide bonds. The van der Waals surface area contributed by atoms with Gasteiger partial charge in [0, 0.05) is 37.0 Å². The van der Waals surface area contributed by atoms with Gasteiger partial charge in [-0.05, 0) is 18.1 Å². The first-order valence-electron chi connectivity index (χ1n) is 8.05. The van der Waals surface area contributed by atoms with Crippen LogP contribution in [0.3, 0.4) is 0 Å². The lowest BCUT2D eigenvalue weighted by Crippen LogP contribution is -2.42. The fourth-order valence-corrected chi connectivity index (χ4v) is 2.53. The second-order valence-electron chi connectivity index (χ2n) is 5.65. The van der Waals surface area contributed by atoms with Crippen molar-refractivity contribution in [2.45, 2.75) is 19.8 Å². The summed E-state index contributed by atoms with van der Waals surface area (Å²) in [7, 11) is 0. The quantitative estimate of drug-likeness (QED) is 0.548. The Labute approximate surface area is 142 Å². The van der Waals surface area contributed by atoms with Crippen LogP contribution in [0.2, 0.25) is 0 Å². The molecule has 0 aliphatic carbocycles. The first kappa shape index (κ1) is 17.8. The highest BCUT2D eigenvalue weighted by Gasteiger charge is 2.21. The van der Waals surface area contributed by atoms with Crippen LogP contribution in [0.15, 0.2) is 47.0 Å². The van der Waals surface area contributed by atoms with Crippen LogP contribution < -0.4 is 17.2 Å². The van der Waals surface area contributed by atoms with E-state index < -0.39 is 0 Å². The molecule has 0 atom stereocenters. The van der Waals surface area contributed by atoms with Crippen molar-refractivity contribution < 1.29 is 4.74 Å².